The molecule has 0 aromatic rings. The van der Waals surface area contributed by atoms with E-state index in [-0.39, 0.29) is 26.1 Å². The van der Waals surface area contributed by atoms with Gasteiger partial charge in [-0.05, 0) is 25.7 Å². The zero-order valence-corrected chi connectivity index (χ0v) is 20.6. The molecule has 2 amide bonds. The van der Waals surface area contributed by atoms with E-state index in [0.717, 1.165) is 32.1 Å². The van der Waals surface area contributed by atoms with E-state index in [1.807, 2.05) is 13.8 Å². The minimum absolute atomic E-state index is 0.184. The minimum Gasteiger partial charge on any atom is -0.464 e. The molecular weight excluding hydrogens is 444 g/mol. The largest absolute Gasteiger partial charge is 0.464 e. The van der Waals surface area contributed by atoms with Gasteiger partial charge in [0.25, 0.3) is 0 Å². The van der Waals surface area contributed by atoms with Crippen molar-refractivity contribution in [3.63, 3.8) is 0 Å². The fraction of sp³-hybridized carbons (Fsp3) is 0.833. The Labute approximate surface area is 202 Å². The first-order valence-electron chi connectivity index (χ1n) is 12.5. The maximum Gasteiger partial charge on any atom is 0.331 e. The smallest absolute Gasteiger partial charge is 0.331 e. The number of aliphatic hydroxyl groups is 2. The summed E-state index contributed by atoms with van der Waals surface area (Å²) in [4.78, 5) is 51.0. The molecule has 0 aliphatic heterocycles. The minimum atomic E-state index is -1.52. The Morgan fingerprint density at radius 3 is 1.50 bits per heavy atom. The second-order valence-electron chi connectivity index (χ2n) is 8.81. The van der Waals surface area contributed by atoms with Crippen LogP contribution in [0.4, 0.5) is 0 Å². The highest BCUT2D eigenvalue weighted by molar-refractivity contribution is 6.07. The van der Waals surface area contributed by atoms with Crippen molar-refractivity contribution in [3.8, 4) is 0 Å². The summed E-state index contributed by atoms with van der Waals surface area (Å²) in [6.45, 7) is 3.06. The van der Waals surface area contributed by atoms with Crippen molar-refractivity contribution >= 4 is 23.8 Å². The number of unbranched alkanes of at least 4 members (excludes halogenated alkanes) is 4. The molecule has 0 aromatic carbocycles. The SMILES string of the molecule is CCCCCOC(=O)[C@@H](CO)NC(=O)C1(C(=O)N[C@H](CO)C(=O)OCCCCC)CCCCC1. The lowest BCUT2D eigenvalue weighted by atomic mass is 9.72. The summed E-state index contributed by atoms with van der Waals surface area (Å²) < 4.78 is 10.3. The molecule has 196 valence electrons. The van der Waals surface area contributed by atoms with Gasteiger partial charge in [-0.1, -0.05) is 58.8 Å². The number of hydrogen-bond acceptors (Lipinski definition) is 8. The highest BCUT2D eigenvalue weighted by Gasteiger charge is 2.48. The Kier molecular flexibility index (Phi) is 14.4. The van der Waals surface area contributed by atoms with E-state index in [1.54, 1.807) is 0 Å². The molecule has 0 heterocycles. The molecule has 1 aliphatic rings. The Morgan fingerprint density at radius 1 is 0.735 bits per heavy atom. The van der Waals surface area contributed by atoms with E-state index in [1.165, 1.54) is 0 Å². The zero-order valence-electron chi connectivity index (χ0n) is 20.6. The van der Waals surface area contributed by atoms with Crippen molar-refractivity contribution < 1.29 is 38.9 Å². The molecule has 1 rings (SSSR count). The number of carbonyl (C=O) groups is 4. The highest BCUT2D eigenvalue weighted by atomic mass is 16.5. The van der Waals surface area contributed by atoms with Gasteiger partial charge in [-0.15, -0.1) is 0 Å². The van der Waals surface area contributed by atoms with Crippen LogP contribution in [0.1, 0.15) is 84.5 Å². The van der Waals surface area contributed by atoms with Crippen LogP contribution >= 0.6 is 0 Å². The van der Waals surface area contributed by atoms with Gasteiger partial charge in [0.2, 0.25) is 11.8 Å². The highest BCUT2D eigenvalue weighted by Crippen LogP contribution is 2.37. The average molecular weight is 487 g/mol. The lowest BCUT2D eigenvalue weighted by Gasteiger charge is -2.36. The van der Waals surface area contributed by atoms with E-state index in [2.05, 4.69) is 10.6 Å². The van der Waals surface area contributed by atoms with Crippen LogP contribution in [-0.2, 0) is 28.7 Å². The maximum atomic E-state index is 13.2. The number of aliphatic hydroxyl groups excluding tert-OH is 2. The summed E-state index contributed by atoms with van der Waals surface area (Å²) in [6, 6.07) is -2.59. The third-order valence-electron chi connectivity index (χ3n) is 6.11. The van der Waals surface area contributed by atoms with Crippen LogP contribution in [0.5, 0.6) is 0 Å². The average Bonchev–Trinajstić information content (AvgIpc) is 2.85. The molecule has 0 aromatic heterocycles. The van der Waals surface area contributed by atoms with Gasteiger partial charge < -0.3 is 30.3 Å². The predicted molar refractivity (Wildman–Crippen MR) is 125 cm³/mol. The van der Waals surface area contributed by atoms with Crippen LogP contribution in [-0.4, -0.2) is 72.5 Å². The van der Waals surface area contributed by atoms with Crippen LogP contribution in [0.25, 0.3) is 0 Å². The second-order valence-corrected chi connectivity index (χ2v) is 8.81. The number of ether oxygens (including phenoxy) is 2. The third-order valence-corrected chi connectivity index (χ3v) is 6.11. The molecule has 34 heavy (non-hydrogen) atoms. The number of hydrogen-bond donors (Lipinski definition) is 4. The molecule has 10 nitrogen and oxygen atoms in total. The van der Waals surface area contributed by atoms with Crippen LogP contribution < -0.4 is 10.6 Å². The van der Waals surface area contributed by atoms with Gasteiger partial charge in [0, 0.05) is 0 Å². The lowest BCUT2D eigenvalue weighted by molar-refractivity contribution is -0.156. The first-order chi connectivity index (χ1) is 16.4. The van der Waals surface area contributed by atoms with Gasteiger partial charge in [-0.3, -0.25) is 9.59 Å². The molecule has 1 fully saturated rings. The van der Waals surface area contributed by atoms with Crippen molar-refractivity contribution in [3.05, 3.63) is 0 Å². The van der Waals surface area contributed by atoms with Crippen LogP contribution in [0.3, 0.4) is 0 Å². The van der Waals surface area contributed by atoms with E-state index in [4.69, 9.17) is 9.47 Å². The molecular formula is C24H42N2O8. The molecule has 0 radical (unpaired) electrons. The molecule has 0 unspecified atom stereocenters. The molecule has 2 atom stereocenters. The number of nitrogens with one attached hydrogen (secondary N) is 2. The predicted octanol–water partition coefficient (Wildman–Crippen LogP) is 1.36. The van der Waals surface area contributed by atoms with Crippen molar-refractivity contribution in [1.82, 2.24) is 10.6 Å². The van der Waals surface area contributed by atoms with Crippen LogP contribution in [0.15, 0.2) is 0 Å². The summed E-state index contributed by atoms with van der Waals surface area (Å²) in [6.07, 6.45) is 7.54. The van der Waals surface area contributed by atoms with E-state index in [0.29, 0.717) is 25.7 Å². The van der Waals surface area contributed by atoms with Crippen LogP contribution in [0, 0.1) is 5.41 Å². The van der Waals surface area contributed by atoms with Gasteiger partial charge in [0.15, 0.2) is 12.1 Å². The summed E-state index contributed by atoms with van der Waals surface area (Å²) in [7, 11) is 0. The summed E-state index contributed by atoms with van der Waals surface area (Å²) >= 11 is 0. The van der Waals surface area contributed by atoms with Gasteiger partial charge in [0.05, 0.1) is 26.4 Å². The Morgan fingerprint density at radius 2 is 1.15 bits per heavy atom. The molecule has 1 saturated carbocycles. The summed E-state index contributed by atoms with van der Waals surface area (Å²) in [5, 5.41) is 24.2. The van der Waals surface area contributed by atoms with E-state index < -0.39 is 54.5 Å². The number of rotatable bonds is 16. The molecule has 0 bridgehead atoms. The second kappa shape index (κ2) is 16.4. The Bertz CT molecular complexity index is 601. The first-order valence-corrected chi connectivity index (χ1v) is 12.5. The zero-order chi connectivity index (χ0) is 25.4. The van der Waals surface area contributed by atoms with E-state index in [9.17, 15) is 29.4 Å². The normalized spacial score (nSPS) is 16.7. The maximum absolute atomic E-state index is 13.2. The van der Waals surface area contributed by atoms with Gasteiger partial charge in [-0.25, -0.2) is 9.59 Å². The van der Waals surface area contributed by atoms with Crippen LogP contribution in [0.2, 0.25) is 0 Å². The van der Waals surface area contributed by atoms with Crippen molar-refractivity contribution in [1.29, 1.82) is 0 Å². The fourth-order valence-electron chi connectivity index (χ4n) is 3.91. The fourth-order valence-corrected chi connectivity index (χ4v) is 3.91. The van der Waals surface area contributed by atoms with Crippen molar-refractivity contribution in [2.45, 2.75) is 96.6 Å². The van der Waals surface area contributed by atoms with Crippen molar-refractivity contribution in [2.75, 3.05) is 26.4 Å². The Balaban J connectivity index is 2.85. The van der Waals surface area contributed by atoms with Gasteiger partial charge in [-0.2, -0.15) is 0 Å². The topological polar surface area (TPSA) is 151 Å². The first kappa shape index (κ1) is 29.8. The molecule has 0 saturated heterocycles. The molecule has 1 aliphatic carbocycles. The van der Waals surface area contributed by atoms with Gasteiger partial charge >= 0.3 is 11.9 Å². The standard InChI is InChI=1S/C24H42N2O8/c1-3-5-10-14-33-20(29)18(16-27)25-22(31)24(12-8-7-9-13-24)23(32)26-19(17-28)21(30)34-15-11-6-4-2/h18-19,27-28H,3-17H2,1-2H3,(H,25,31)(H,26,32)/t18-,19-/m1/s1. The molecule has 10 heteroatoms. The number of carbonyl (C=O) groups excluding carboxylic acids is 4. The monoisotopic (exact) mass is 486 g/mol. The number of amides is 2. The molecule has 4 N–H and O–H groups in total. The Hall–Kier alpha value is -2.20. The lowest BCUT2D eigenvalue weighted by Crippen LogP contribution is -2.59. The summed E-state index contributed by atoms with van der Waals surface area (Å²) in [5.41, 5.74) is -1.52. The third kappa shape index (κ3) is 9.21. The van der Waals surface area contributed by atoms with Crippen molar-refractivity contribution in [2.24, 2.45) is 5.41 Å². The molecule has 0 spiro atoms. The number of esters is 2. The van der Waals surface area contributed by atoms with E-state index >= 15 is 0 Å². The van der Waals surface area contributed by atoms with Gasteiger partial charge in [0.1, 0.15) is 5.41 Å². The summed E-state index contributed by atoms with van der Waals surface area (Å²) in [5.74, 6) is -2.94. The quantitative estimate of drug-likeness (QED) is 0.145.